The van der Waals surface area contributed by atoms with Gasteiger partial charge in [-0.2, -0.15) is 0 Å². The lowest BCUT2D eigenvalue weighted by molar-refractivity contribution is 0.655. The Kier molecular flexibility index (Phi) is 5.44. The van der Waals surface area contributed by atoms with Crippen molar-refractivity contribution in [3.05, 3.63) is 47.0 Å². The molecule has 0 bridgehead atoms. The summed E-state index contributed by atoms with van der Waals surface area (Å²) in [5.74, 6) is 0. The Morgan fingerprint density at radius 1 is 1.47 bits per heavy atom. The van der Waals surface area contributed by atoms with Crippen LogP contribution in [-0.4, -0.2) is 6.54 Å². The van der Waals surface area contributed by atoms with Gasteiger partial charge in [0.15, 0.2) is 0 Å². The van der Waals surface area contributed by atoms with Gasteiger partial charge in [-0.3, -0.25) is 0 Å². The van der Waals surface area contributed by atoms with E-state index >= 15 is 0 Å². The summed E-state index contributed by atoms with van der Waals surface area (Å²) in [6.45, 7) is 7.67. The molecule has 0 aliphatic rings. The van der Waals surface area contributed by atoms with E-state index < -0.39 is 0 Å². The molecule has 0 saturated heterocycles. The van der Waals surface area contributed by atoms with Crippen LogP contribution in [0.2, 0.25) is 5.02 Å². The van der Waals surface area contributed by atoms with Gasteiger partial charge in [0, 0.05) is 11.6 Å². The highest BCUT2D eigenvalue weighted by Gasteiger charge is 1.96. The fourth-order valence-corrected chi connectivity index (χ4v) is 1.54. The van der Waals surface area contributed by atoms with Crippen molar-refractivity contribution in [2.75, 3.05) is 6.54 Å². The van der Waals surface area contributed by atoms with Gasteiger partial charge in [-0.05, 0) is 43.5 Å². The molecule has 1 aromatic rings. The zero-order valence-corrected chi connectivity index (χ0v) is 9.98. The lowest BCUT2D eigenvalue weighted by atomic mass is 10.1. The predicted molar refractivity (Wildman–Crippen MR) is 67.3 cm³/mol. The van der Waals surface area contributed by atoms with Crippen LogP contribution in [0.25, 0.3) is 0 Å². The second-order valence-corrected chi connectivity index (χ2v) is 4.10. The first kappa shape index (κ1) is 12.3. The highest BCUT2D eigenvalue weighted by Crippen LogP contribution is 2.15. The molecule has 0 amide bonds. The van der Waals surface area contributed by atoms with E-state index in [-0.39, 0.29) is 0 Å². The van der Waals surface area contributed by atoms with Crippen LogP contribution in [0.15, 0.2) is 30.9 Å². The molecule has 1 N–H and O–H groups in total. The second-order valence-electron chi connectivity index (χ2n) is 3.69. The van der Waals surface area contributed by atoms with Crippen LogP contribution < -0.4 is 5.32 Å². The Morgan fingerprint density at radius 3 is 2.93 bits per heavy atom. The van der Waals surface area contributed by atoms with Crippen molar-refractivity contribution in [1.29, 1.82) is 0 Å². The SMILES string of the molecule is C=CCCCNCc1ccc(Cl)c(C)c1. The smallest absolute Gasteiger partial charge is 0.0435 e. The molecule has 1 nitrogen and oxygen atoms in total. The zero-order chi connectivity index (χ0) is 11.1. The molecule has 1 rings (SSSR count). The van der Waals surface area contributed by atoms with Gasteiger partial charge in [-0.25, -0.2) is 0 Å². The van der Waals surface area contributed by atoms with Crippen molar-refractivity contribution in [2.45, 2.75) is 26.3 Å². The monoisotopic (exact) mass is 223 g/mol. The number of benzene rings is 1. The number of unbranched alkanes of at least 4 members (excludes halogenated alkanes) is 1. The van der Waals surface area contributed by atoms with Crippen LogP contribution in [0.1, 0.15) is 24.0 Å². The number of hydrogen-bond donors (Lipinski definition) is 1. The van der Waals surface area contributed by atoms with Crippen molar-refractivity contribution in [3.63, 3.8) is 0 Å². The molecule has 0 aromatic heterocycles. The van der Waals surface area contributed by atoms with Gasteiger partial charge in [0.05, 0.1) is 0 Å². The molecule has 0 heterocycles. The number of aryl methyl sites for hydroxylation is 1. The molecule has 15 heavy (non-hydrogen) atoms. The number of halogens is 1. The molecule has 2 heteroatoms. The van der Waals surface area contributed by atoms with E-state index in [9.17, 15) is 0 Å². The fraction of sp³-hybridized carbons (Fsp3) is 0.385. The summed E-state index contributed by atoms with van der Waals surface area (Å²) < 4.78 is 0. The summed E-state index contributed by atoms with van der Waals surface area (Å²) in [7, 11) is 0. The summed E-state index contributed by atoms with van der Waals surface area (Å²) in [4.78, 5) is 0. The highest BCUT2D eigenvalue weighted by atomic mass is 35.5. The normalized spacial score (nSPS) is 10.3. The molecule has 82 valence electrons. The third-order valence-corrected chi connectivity index (χ3v) is 2.74. The Bertz CT molecular complexity index is 320. The molecule has 1 aromatic carbocycles. The highest BCUT2D eigenvalue weighted by molar-refractivity contribution is 6.31. The molecule has 0 radical (unpaired) electrons. The van der Waals surface area contributed by atoms with Crippen LogP contribution in [0.3, 0.4) is 0 Å². The minimum absolute atomic E-state index is 0.838. The van der Waals surface area contributed by atoms with Crippen molar-refractivity contribution < 1.29 is 0 Å². The van der Waals surface area contributed by atoms with Crippen molar-refractivity contribution in [1.82, 2.24) is 5.32 Å². The average Bonchev–Trinajstić information content (AvgIpc) is 2.23. The first-order valence-corrected chi connectivity index (χ1v) is 5.68. The van der Waals surface area contributed by atoms with Gasteiger partial charge >= 0.3 is 0 Å². The van der Waals surface area contributed by atoms with E-state index in [1.807, 2.05) is 19.1 Å². The van der Waals surface area contributed by atoms with E-state index in [0.29, 0.717) is 0 Å². The average molecular weight is 224 g/mol. The van der Waals surface area contributed by atoms with Gasteiger partial charge in [0.2, 0.25) is 0 Å². The van der Waals surface area contributed by atoms with E-state index in [1.165, 1.54) is 5.56 Å². The quantitative estimate of drug-likeness (QED) is 0.573. The maximum atomic E-state index is 5.95. The van der Waals surface area contributed by atoms with E-state index in [1.54, 1.807) is 0 Å². The fourth-order valence-electron chi connectivity index (χ4n) is 1.42. The zero-order valence-electron chi connectivity index (χ0n) is 9.22. The van der Waals surface area contributed by atoms with Gasteiger partial charge < -0.3 is 5.32 Å². The van der Waals surface area contributed by atoms with Crippen LogP contribution in [0, 0.1) is 6.92 Å². The van der Waals surface area contributed by atoms with Crippen molar-refractivity contribution in [3.8, 4) is 0 Å². The molecule has 0 saturated carbocycles. The number of nitrogens with one attached hydrogen (secondary N) is 1. The van der Waals surface area contributed by atoms with Gasteiger partial charge in [0.1, 0.15) is 0 Å². The molecular formula is C13H18ClN. The summed E-state index contributed by atoms with van der Waals surface area (Å²) in [6.07, 6.45) is 4.18. The molecule has 0 aliphatic heterocycles. The van der Waals surface area contributed by atoms with Crippen LogP contribution >= 0.6 is 11.6 Å². The first-order chi connectivity index (χ1) is 7.24. The van der Waals surface area contributed by atoms with Gasteiger partial charge in [0.25, 0.3) is 0 Å². The maximum Gasteiger partial charge on any atom is 0.0435 e. The topological polar surface area (TPSA) is 12.0 Å². The molecule has 0 unspecified atom stereocenters. The minimum atomic E-state index is 0.838. The van der Waals surface area contributed by atoms with E-state index in [2.05, 4.69) is 24.0 Å². The lowest BCUT2D eigenvalue weighted by Crippen LogP contribution is -2.14. The summed E-state index contributed by atoms with van der Waals surface area (Å²) in [6, 6.07) is 6.15. The number of rotatable bonds is 6. The van der Waals surface area contributed by atoms with Crippen LogP contribution in [0.5, 0.6) is 0 Å². The summed E-state index contributed by atoms with van der Waals surface area (Å²) in [5.41, 5.74) is 2.43. The Labute approximate surface area is 97.1 Å². The van der Waals surface area contributed by atoms with Crippen molar-refractivity contribution in [2.24, 2.45) is 0 Å². The minimum Gasteiger partial charge on any atom is -0.313 e. The van der Waals surface area contributed by atoms with Gasteiger partial charge in [-0.15, -0.1) is 6.58 Å². The number of allylic oxidation sites excluding steroid dienone is 1. The largest absolute Gasteiger partial charge is 0.313 e. The summed E-state index contributed by atoms with van der Waals surface area (Å²) in [5, 5.41) is 4.23. The molecule has 0 spiro atoms. The molecule has 0 aliphatic carbocycles. The lowest BCUT2D eigenvalue weighted by Gasteiger charge is -2.05. The maximum absolute atomic E-state index is 5.95. The van der Waals surface area contributed by atoms with Gasteiger partial charge in [-0.1, -0.05) is 29.8 Å². The molecular weight excluding hydrogens is 206 g/mol. The van der Waals surface area contributed by atoms with E-state index in [0.717, 1.165) is 36.5 Å². The predicted octanol–water partition coefficient (Wildman–Crippen LogP) is 3.70. The van der Waals surface area contributed by atoms with Crippen LogP contribution in [0.4, 0.5) is 0 Å². The molecule has 0 fully saturated rings. The third kappa shape index (κ3) is 4.50. The first-order valence-electron chi connectivity index (χ1n) is 5.30. The second kappa shape index (κ2) is 6.65. The summed E-state index contributed by atoms with van der Waals surface area (Å²) >= 11 is 5.95. The van der Waals surface area contributed by atoms with Crippen LogP contribution in [-0.2, 0) is 6.54 Å². The molecule has 0 atom stereocenters. The number of hydrogen-bond acceptors (Lipinski definition) is 1. The Hall–Kier alpha value is -0.790. The Morgan fingerprint density at radius 2 is 2.27 bits per heavy atom. The Balaban J connectivity index is 2.31. The van der Waals surface area contributed by atoms with Crippen molar-refractivity contribution >= 4 is 11.6 Å². The third-order valence-electron chi connectivity index (χ3n) is 2.31. The standard InChI is InChI=1S/C13H18ClN/c1-3-4-5-8-15-10-12-6-7-13(14)11(2)9-12/h3,6-7,9,15H,1,4-5,8,10H2,2H3. The van der Waals surface area contributed by atoms with E-state index in [4.69, 9.17) is 11.6 Å².